The maximum atomic E-state index is 12.3. The molecule has 5 rings (SSSR count). The quantitative estimate of drug-likeness (QED) is 0.141. The Morgan fingerprint density at radius 1 is 0.717 bits per heavy atom. The molecule has 0 spiro atoms. The molecule has 0 saturated carbocycles. The molecule has 3 N–H and O–H groups in total. The number of carbonyl (C=O) groups excluding carboxylic acids is 1. The predicted octanol–water partition coefficient (Wildman–Crippen LogP) is 7.85. The molecule has 0 radical (unpaired) electrons. The summed E-state index contributed by atoms with van der Waals surface area (Å²) in [6, 6.07) is 20.7. The van der Waals surface area contributed by atoms with Crippen molar-refractivity contribution in [1.82, 2.24) is 15.0 Å². The number of fused-ring (bicyclic) bond motifs is 1. The van der Waals surface area contributed by atoms with Crippen LogP contribution in [0.25, 0.3) is 16.7 Å². The van der Waals surface area contributed by atoms with Gasteiger partial charge in [-0.3, -0.25) is 4.79 Å². The Morgan fingerprint density at radius 3 is 1.61 bits per heavy atom. The van der Waals surface area contributed by atoms with Crippen molar-refractivity contribution in [1.29, 1.82) is 0 Å². The molecule has 1 aromatic heterocycles. The normalized spacial score (nSPS) is 11.6. The van der Waals surface area contributed by atoms with Crippen molar-refractivity contribution in [3.05, 3.63) is 95.1 Å². The molecule has 4 aromatic carbocycles. The summed E-state index contributed by atoms with van der Waals surface area (Å²) in [6.07, 6.45) is 1.95. The summed E-state index contributed by atoms with van der Waals surface area (Å²) in [6.45, 7) is 13.1. The Morgan fingerprint density at radius 2 is 1.20 bits per heavy atom. The molecule has 0 fully saturated rings. The van der Waals surface area contributed by atoms with Crippen molar-refractivity contribution in [2.45, 2.75) is 65.2 Å². The van der Waals surface area contributed by atoms with Crippen LogP contribution < -0.4 is 9.47 Å². The van der Waals surface area contributed by atoms with E-state index in [-0.39, 0.29) is 39.2 Å². The SMILES string of the molecule is CCC(C)(C)c1cc(-n2nc3ccccc3n2)c(O)c(C(C)(C)CC)c1.COc1ccc(C(=O)c2ccc(OC)cc2O)c(O)c1. The largest absolute Gasteiger partial charge is 0.507 e. The maximum Gasteiger partial charge on any atom is 0.200 e. The van der Waals surface area contributed by atoms with E-state index in [9.17, 15) is 20.1 Å². The van der Waals surface area contributed by atoms with Crippen LogP contribution in [0.3, 0.4) is 0 Å². The summed E-state index contributed by atoms with van der Waals surface area (Å²) < 4.78 is 9.90. The zero-order valence-corrected chi connectivity index (χ0v) is 27.8. The van der Waals surface area contributed by atoms with Gasteiger partial charge in [0.25, 0.3) is 0 Å². The fourth-order valence-corrected chi connectivity index (χ4v) is 4.85. The first-order valence-corrected chi connectivity index (χ1v) is 15.2. The summed E-state index contributed by atoms with van der Waals surface area (Å²) in [5.74, 6) is 0.267. The lowest BCUT2D eigenvalue weighted by Gasteiger charge is -2.30. The first kappa shape index (κ1) is 33.8. The highest BCUT2D eigenvalue weighted by Crippen LogP contribution is 2.41. The maximum absolute atomic E-state index is 12.3. The van der Waals surface area contributed by atoms with Crippen LogP contribution in [0.4, 0.5) is 0 Å². The van der Waals surface area contributed by atoms with E-state index in [1.807, 2.05) is 30.3 Å². The Hall–Kier alpha value is -5.05. The number of ketones is 1. The lowest BCUT2D eigenvalue weighted by Crippen LogP contribution is -2.21. The molecule has 0 aliphatic carbocycles. The fourth-order valence-electron chi connectivity index (χ4n) is 4.85. The van der Waals surface area contributed by atoms with Gasteiger partial charge in [0.05, 0.1) is 25.3 Å². The molecule has 46 heavy (non-hydrogen) atoms. The van der Waals surface area contributed by atoms with Crippen LogP contribution >= 0.6 is 0 Å². The number of aromatic nitrogens is 3. The van der Waals surface area contributed by atoms with Crippen molar-refractivity contribution in [3.8, 4) is 34.4 Å². The highest BCUT2D eigenvalue weighted by Gasteiger charge is 2.29. The van der Waals surface area contributed by atoms with E-state index in [0.29, 0.717) is 17.2 Å². The molecule has 0 aliphatic heterocycles. The monoisotopic (exact) mass is 625 g/mol. The van der Waals surface area contributed by atoms with Crippen LogP contribution in [0.1, 0.15) is 81.4 Å². The van der Waals surface area contributed by atoms with Crippen molar-refractivity contribution >= 4 is 16.8 Å². The molecule has 0 amide bonds. The van der Waals surface area contributed by atoms with Crippen LogP contribution in [0.2, 0.25) is 0 Å². The second kappa shape index (κ2) is 13.5. The fraction of sp³-hybridized carbons (Fsp3) is 0.324. The highest BCUT2D eigenvalue weighted by atomic mass is 16.5. The van der Waals surface area contributed by atoms with Gasteiger partial charge in [-0.15, -0.1) is 15.0 Å². The van der Waals surface area contributed by atoms with E-state index in [1.165, 1.54) is 44.0 Å². The third-order valence-corrected chi connectivity index (χ3v) is 8.77. The molecular weight excluding hydrogens is 582 g/mol. The van der Waals surface area contributed by atoms with Crippen LogP contribution in [0, 0.1) is 0 Å². The molecule has 5 aromatic rings. The zero-order chi connectivity index (χ0) is 33.8. The number of rotatable bonds is 9. The van der Waals surface area contributed by atoms with Crippen LogP contribution in [-0.2, 0) is 10.8 Å². The van der Waals surface area contributed by atoms with E-state index in [1.54, 1.807) is 16.9 Å². The Balaban J connectivity index is 0.000000216. The lowest BCUT2D eigenvalue weighted by atomic mass is 9.76. The highest BCUT2D eigenvalue weighted by molar-refractivity contribution is 6.12. The molecule has 0 aliphatic rings. The Kier molecular flexibility index (Phi) is 9.95. The van der Waals surface area contributed by atoms with E-state index in [4.69, 9.17) is 9.47 Å². The average Bonchev–Trinajstić information content (AvgIpc) is 3.48. The summed E-state index contributed by atoms with van der Waals surface area (Å²) in [4.78, 5) is 13.9. The number of hydrogen-bond acceptors (Lipinski definition) is 8. The number of ether oxygens (including phenoxy) is 2. The number of aromatic hydroxyl groups is 3. The van der Waals surface area contributed by atoms with Gasteiger partial charge in [-0.25, -0.2) is 0 Å². The first-order valence-electron chi connectivity index (χ1n) is 15.2. The summed E-state index contributed by atoms with van der Waals surface area (Å²) >= 11 is 0. The van der Waals surface area contributed by atoms with E-state index < -0.39 is 5.78 Å². The van der Waals surface area contributed by atoms with Crippen LogP contribution in [0.5, 0.6) is 28.7 Å². The molecule has 0 atom stereocenters. The van der Waals surface area contributed by atoms with Gasteiger partial charge in [0.2, 0.25) is 0 Å². The molecule has 9 nitrogen and oxygen atoms in total. The molecule has 0 bridgehead atoms. The van der Waals surface area contributed by atoms with Gasteiger partial charge in [0.1, 0.15) is 45.5 Å². The molecule has 242 valence electrons. The van der Waals surface area contributed by atoms with Crippen LogP contribution in [-0.4, -0.2) is 50.3 Å². The summed E-state index contributed by atoms with van der Waals surface area (Å²) in [7, 11) is 2.93. The summed E-state index contributed by atoms with van der Waals surface area (Å²) in [5.41, 5.74) is 4.50. The van der Waals surface area contributed by atoms with E-state index in [2.05, 4.69) is 57.8 Å². The summed E-state index contributed by atoms with van der Waals surface area (Å²) in [5, 5.41) is 39.9. The standard InChI is InChI=1S/C22H29N3O.C15H14O5/c1-7-21(3,4)15-13-16(22(5,6)8-2)20(26)19(14-15)25-23-17-11-9-10-12-18(17)24-25;1-19-9-3-5-11(13(16)7-9)15(18)12-6-4-10(20-2)8-14(12)17/h9-14,26H,7-8H2,1-6H3;3-8,16-17H,1-2H3. The molecule has 9 heteroatoms. The van der Waals surface area contributed by atoms with Crippen molar-refractivity contribution in [2.75, 3.05) is 14.2 Å². The van der Waals surface area contributed by atoms with Gasteiger partial charge in [0, 0.05) is 17.7 Å². The molecular formula is C37H43N3O6. The van der Waals surface area contributed by atoms with Gasteiger partial charge in [-0.1, -0.05) is 59.7 Å². The van der Waals surface area contributed by atoms with Crippen molar-refractivity contribution in [2.24, 2.45) is 0 Å². The van der Waals surface area contributed by atoms with Crippen molar-refractivity contribution in [3.63, 3.8) is 0 Å². The smallest absolute Gasteiger partial charge is 0.200 e. The Labute approximate surface area is 270 Å². The van der Waals surface area contributed by atoms with Crippen molar-refractivity contribution < 1.29 is 29.6 Å². The third-order valence-electron chi connectivity index (χ3n) is 8.77. The number of nitrogens with zero attached hydrogens (tertiary/aromatic N) is 3. The van der Waals surface area contributed by atoms with Gasteiger partial charge < -0.3 is 24.8 Å². The molecule has 0 unspecified atom stereocenters. The number of hydrogen-bond donors (Lipinski definition) is 3. The number of phenols is 3. The average molecular weight is 626 g/mol. The van der Waals surface area contributed by atoms with Gasteiger partial charge in [-0.2, -0.15) is 0 Å². The molecule has 0 saturated heterocycles. The second-order valence-electron chi connectivity index (χ2n) is 12.4. The number of carbonyl (C=O) groups is 1. The number of phenolic OH excluding ortho intramolecular Hbond substituents is 3. The van der Waals surface area contributed by atoms with Gasteiger partial charge >= 0.3 is 0 Å². The topological polar surface area (TPSA) is 127 Å². The molecule has 1 heterocycles. The van der Waals surface area contributed by atoms with Crippen LogP contribution in [0.15, 0.2) is 72.8 Å². The third kappa shape index (κ3) is 6.93. The number of benzene rings is 4. The van der Waals surface area contributed by atoms with Gasteiger partial charge in [-0.05, 0) is 71.7 Å². The first-order chi connectivity index (χ1) is 21.8. The van der Waals surface area contributed by atoms with Gasteiger partial charge in [0.15, 0.2) is 5.78 Å². The minimum absolute atomic E-state index is 0.00754. The lowest BCUT2D eigenvalue weighted by molar-refractivity contribution is 0.103. The Bertz CT molecular complexity index is 1770. The predicted molar refractivity (Wildman–Crippen MR) is 180 cm³/mol. The number of methoxy groups -OCH3 is 2. The second-order valence-corrected chi connectivity index (χ2v) is 12.4. The zero-order valence-electron chi connectivity index (χ0n) is 27.8. The minimum Gasteiger partial charge on any atom is -0.507 e. The van der Waals surface area contributed by atoms with E-state index in [0.717, 1.165) is 29.4 Å². The minimum atomic E-state index is -0.481. The van der Waals surface area contributed by atoms with E-state index >= 15 is 0 Å².